The second kappa shape index (κ2) is 17.5. The molecule has 0 unspecified atom stereocenters. The number of hydrogen-bond acceptors (Lipinski definition) is 0. The van der Waals surface area contributed by atoms with Crippen LogP contribution in [0.15, 0.2) is 72.8 Å². The summed E-state index contributed by atoms with van der Waals surface area (Å²) in [5.41, 5.74) is 8.15. The van der Waals surface area contributed by atoms with Gasteiger partial charge in [0.05, 0.1) is 0 Å². The average molecular weight is 622 g/mol. The monoisotopic (exact) mass is 618 g/mol. The fourth-order valence-electron chi connectivity index (χ4n) is 4.11. The van der Waals surface area contributed by atoms with Crippen LogP contribution in [0.4, 0.5) is 0 Å². The Morgan fingerprint density at radius 3 is 1.36 bits per heavy atom. The number of hydrogen-bond donors (Lipinski definition) is 0. The molecule has 0 nitrogen and oxygen atoms in total. The van der Waals surface area contributed by atoms with Crippen molar-refractivity contribution in [1.29, 1.82) is 0 Å². The maximum Gasteiger partial charge on any atom is 4.00 e. The zero-order valence-electron chi connectivity index (χ0n) is 20.1. The van der Waals surface area contributed by atoms with E-state index in [-0.39, 0.29) is 83.8 Å². The molecular weight excluding hydrogens is 588 g/mol. The third kappa shape index (κ3) is 9.60. The van der Waals surface area contributed by atoms with E-state index in [1.165, 1.54) is 27.8 Å². The number of rotatable bonds is 6. The number of benzene rings is 2. The van der Waals surface area contributed by atoms with Gasteiger partial charge in [0, 0.05) is 5.92 Å². The summed E-state index contributed by atoms with van der Waals surface area (Å²) in [6.45, 7) is 13.9. The van der Waals surface area contributed by atoms with Crippen LogP contribution in [0.3, 0.4) is 0 Å². The van der Waals surface area contributed by atoms with Crippen molar-refractivity contribution in [2.45, 2.75) is 52.9 Å². The molecule has 0 amide bonds. The second-order valence-corrected chi connectivity index (χ2v) is 11.7. The summed E-state index contributed by atoms with van der Waals surface area (Å²) < 4.78 is 0. The minimum Gasteiger partial charge on any atom is -1.00 e. The molecule has 2 aromatic rings. The van der Waals surface area contributed by atoms with Crippen LogP contribution in [0.1, 0.15) is 49.9 Å². The topological polar surface area (TPSA) is 0 Å². The van der Waals surface area contributed by atoms with E-state index in [1.807, 2.05) is 0 Å². The van der Waals surface area contributed by atoms with Gasteiger partial charge in [-0.1, -0.05) is 120 Å². The molecule has 0 radical (unpaired) electrons. The van der Waals surface area contributed by atoms with Crippen molar-refractivity contribution in [1.82, 2.24) is 0 Å². The van der Waals surface area contributed by atoms with Gasteiger partial charge in [-0.2, -0.15) is 0 Å². The van der Waals surface area contributed by atoms with E-state index in [1.54, 1.807) is 5.31 Å². The molecule has 0 saturated carbocycles. The average Bonchev–Trinajstić information content (AvgIpc) is 3.17. The molecule has 6 heteroatoms. The molecule has 178 valence electrons. The van der Waals surface area contributed by atoms with Gasteiger partial charge in [-0.05, 0) is 47.2 Å². The van der Waals surface area contributed by atoms with Crippen LogP contribution in [0, 0.1) is 19.8 Å². The molecule has 1 aliphatic rings. The van der Waals surface area contributed by atoms with Gasteiger partial charge < -0.3 is 49.6 Å². The van der Waals surface area contributed by atoms with E-state index in [9.17, 15) is 0 Å². The summed E-state index contributed by atoms with van der Waals surface area (Å²) in [7, 11) is -0.303. The Kier molecular flexibility index (Phi) is 20.0. The van der Waals surface area contributed by atoms with Gasteiger partial charge in [0.25, 0.3) is 0 Å². The first-order valence-corrected chi connectivity index (χ1v) is 11.9. The van der Waals surface area contributed by atoms with Crippen molar-refractivity contribution in [3.05, 3.63) is 95.1 Å². The van der Waals surface area contributed by atoms with E-state index in [0.29, 0.717) is 17.2 Å². The Hall–Kier alpha value is 0.133. The van der Waals surface area contributed by atoms with E-state index in [2.05, 4.69) is 114 Å². The summed E-state index contributed by atoms with van der Waals surface area (Å²) in [5.74, 6) is 0.349. The Balaban J connectivity index is -0.00000180. The second-order valence-electron chi connectivity index (χ2n) is 8.38. The third-order valence-corrected chi connectivity index (χ3v) is 8.64. The molecule has 2 aromatic carbocycles. The minimum absolute atomic E-state index is 0. The first-order chi connectivity index (χ1) is 13.4. The summed E-state index contributed by atoms with van der Waals surface area (Å²) in [4.78, 5) is 0. The Bertz CT molecular complexity index is 881. The van der Waals surface area contributed by atoms with Gasteiger partial charge in [-0.25, -0.2) is 0 Å². The fraction of sp³-hybridized carbons (Fsp3) is 0.333. The van der Waals surface area contributed by atoms with Crippen molar-refractivity contribution < 1.29 is 75.8 Å². The van der Waals surface area contributed by atoms with Crippen molar-refractivity contribution in [3.8, 4) is 0 Å². The van der Waals surface area contributed by atoms with Crippen molar-refractivity contribution in [3.63, 3.8) is 0 Å². The van der Waals surface area contributed by atoms with Gasteiger partial charge in [0.15, 0.2) is 0 Å². The molecule has 33 heavy (non-hydrogen) atoms. The molecule has 0 bridgehead atoms. The SMILES string of the molecule is Cc1ccc(C(=C(c2ccc(C)cc2)P(C(C)C)C(C)C)C2C=CC=C2)cc1.[Cl-].[Cl-].[Cl-].[Cl-].[Zr+4]. The van der Waals surface area contributed by atoms with Crippen LogP contribution < -0.4 is 49.6 Å². The van der Waals surface area contributed by atoms with Crippen LogP contribution in [-0.4, -0.2) is 11.3 Å². The van der Waals surface area contributed by atoms with Crippen LogP contribution in [0.5, 0.6) is 0 Å². The van der Waals surface area contributed by atoms with Crippen LogP contribution in [0.2, 0.25) is 0 Å². The van der Waals surface area contributed by atoms with Gasteiger partial charge in [-0.15, -0.1) is 0 Å². The smallest absolute Gasteiger partial charge is 1.00 e. The van der Waals surface area contributed by atoms with E-state index < -0.39 is 0 Å². The number of aryl methyl sites for hydroxylation is 2. The van der Waals surface area contributed by atoms with Crippen LogP contribution in [0.25, 0.3) is 10.9 Å². The molecule has 0 aliphatic heterocycles. The van der Waals surface area contributed by atoms with E-state index in [0.717, 1.165) is 0 Å². The fourth-order valence-corrected chi connectivity index (χ4v) is 7.34. The molecule has 0 N–H and O–H groups in total. The van der Waals surface area contributed by atoms with Crippen molar-refractivity contribution in [2.75, 3.05) is 0 Å². The number of allylic oxidation sites excluding steroid dienone is 5. The maximum atomic E-state index is 2.40. The minimum atomic E-state index is -0.303. The third-order valence-electron chi connectivity index (χ3n) is 5.39. The van der Waals surface area contributed by atoms with Gasteiger partial charge >= 0.3 is 26.2 Å². The molecule has 0 aromatic heterocycles. The number of halogens is 4. The normalized spacial score (nSPS) is 12.9. The quantitative estimate of drug-likeness (QED) is 0.230. The summed E-state index contributed by atoms with van der Waals surface area (Å²) in [6.07, 6.45) is 9.08. The molecular formula is C27H33Cl4PZr. The standard InChI is InChI=1S/C27H33P.4ClH.Zr/c1-19(2)28(20(3)4)27(25-17-13-22(6)14-18-25)26(23-9-7-8-10-23)24-15-11-21(5)12-16-24;;;;;/h7-20,23H,1-6H3;4*1H;/q;;;;;+4/p-4. The summed E-state index contributed by atoms with van der Waals surface area (Å²) in [6, 6.07) is 18.3. The Morgan fingerprint density at radius 2 is 1.00 bits per heavy atom. The molecule has 1 aliphatic carbocycles. The molecule has 0 heterocycles. The summed E-state index contributed by atoms with van der Waals surface area (Å²) in [5, 5.41) is 1.57. The van der Waals surface area contributed by atoms with E-state index in [4.69, 9.17) is 0 Å². The largest absolute Gasteiger partial charge is 4.00 e. The molecule has 0 saturated heterocycles. The predicted octanol–water partition coefficient (Wildman–Crippen LogP) is -3.77. The van der Waals surface area contributed by atoms with Crippen molar-refractivity contribution >= 4 is 18.8 Å². The Morgan fingerprint density at radius 1 is 0.636 bits per heavy atom. The Labute approximate surface area is 246 Å². The van der Waals surface area contributed by atoms with Crippen molar-refractivity contribution in [2.24, 2.45) is 5.92 Å². The predicted molar refractivity (Wildman–Crippen MR) is 128 cm³/mol. The molecule has 3 rings (SSSR count). The summed E-state index contributed by atoms with van der Waals surface area (Å²) >= 11 is 0. The first kappa shape index (κ1) is 37.7. The van der Waals surface area contributed by atoms with Gasteiger partial charge in [-0.3, -0.25) is 0 Å². The van der Waals surface area contributed by atoms with Crippen LogP contribution in [-0.2, 0) is 26.2 Å². The molecule has 0 fully saturated rings. The maximum absolute atomic E-state index is 2.40. The molecule has 0 spiro atoms. The first-order valence-electron chi connectivity index (χ1n) is 10.4. The molecule has 0 atom stereocenters. The van der Waals surface area contributed by atoms with E-state index >= 15 is 0 Å². The zero-order valence-corrected chi connectivity index (χ0v) is 26.5. The van der Waals surface area contributed by atoms with Gasteiger partial charge in [0.1, 0.15) is 0 Å². The van der Waals surface area contributed by atoms with Crippen LogP contribution >= 0.6 is 7.92 Å². The van der Waals surface area contributed by atoms with Gasteiger partial charge in [0.2, 0.25) is 0 Å². The zero-order chi connectivity index (χ0) is 20.3.